The molecule has 0 unspecified atom stereocenters. The SMILES string of the molecule is CCS(=O)(=O)N1CCC2(CC1)OCCc1cnc(-c3ccccc3)nc12. The van der Waals surface area contributed by atoms with Gasteiger partial charge in [-0.3, -0.25) is 0 Å². The van der Waals surface area contributed by atoms with E-state index in [-0.39, 0.29) is 5.75 Å². The van der Waals surface area contributed by atoms with Crippen molar-refractivity contribution in [3.8, 4) is 11.4 Å². The van der Waals surface area contributed by atoms with Crippen molar-refractivity contribution in [2.75, 3.05) is 25.4 Å². The number of fused-ring (bicyclic) bond motifs is 2. The van der Waals surface area contributed by atoms with E-state index >= 15 is 0 Å². The summed E-state index contributed by atoms with van der Waals surface area (Å²) in [5.74, 6) is 0.829. The molecule has 0 N–H and O–H groups in total. The third-order valence-electron chi connectivity index (χ3n) is 5.37. The Morgan fingerprint density at radius 1 is 1.19 bits per heavy atom. The molecule has 0 amide bonds. The van der Waals surface area contributed by atoms with E-state index < -0.39 is 15.6 Å². The Balaban J connectivity index is 1.67. The molecule has 1 spiro atoms. The van der Waals surface area contributed by atoms with Crippen molar-refractivity contribution in [2.24, 2.45) is 0 Å². The first-order valence-corrected chi connectivity index (χ1v) is 10.7. The van der Waals surface area contributed by atoms with Gasteiger partial charge in [-0.15, -0.1) is 0 Å². The fourth-order valence-electron chi connectivity index (χ4n) is 3.82. The van der Waals surface area contributed by atoms with Crippen LogP contribution in [0.2, 0.25) is 0 Å². The number of ether oxygens (including phenoxy) is 1. The molecule has 0 atom stereocenters. The molecule has 0 bridgehead atoms. The zero-order chi connectivity index (χ0) is 18.2. The van der Waals surface area contributed by atoms with Gasteiger partial charge in [-0.2, -0.15) is 0 Å². The van der Waals surface area contributed by atoms with Crippen LogP contribution in [0.15, 0.2) is 36.5 Å². The molecule has 2 aliphatic heterocycles. The summed E-state index contributed by atoms with van der Waals surface area (Å²) >= 11 is 0. The lowest BCUT2D eigenvalue weighted by Crippen LogP contribution is -2.49. The maximum absolute atomic E-state index is 12.2. The summed E-state index contributed by atoms with van der Waals surface area (Å²) in [6.07, 6.45) is 3.96. The van der Waals surface area contributed by atoms with E-state index in [0.29, 0.717) is 38.4 Å². The average Bonchev–Trinajstić information content (AvgIpc) is 2.69. The molecule has 0 saturated carbocycles. The van der Waals surface area contributed by atoms with Crippen molar-refractivity contribution in [3.05, 3.63) is 47.8 Å². The molecule has 6 nitrogen and oxygen atoms in total. The van der Waals surface area contributed by atoms with Gasteiger partial charge in [0.05, 0.1) is 18.1 Å². The molecule has 2 aromatic rings. The van der Waals surface area contributed by atoms with E-state index in [2.05, 4.69) is 4.98 Å². The summed E-state index contributed by atoms with van der Waals surface area (Å²) in [5.41, 5.74) is 2.52. The molecule has 4 rings (SSSR count). The molecule has 3 heterocycles. The number of hydrogen-bond acceptors (Lipinski definition) is 5. The van der Waals surface area contributed by atoms with Crippen molar-refractivity contribution >= 4 is 10.0 Å². The highest BCUT2D eigenvalue weighted by molar-refractivity contribution is 7.89. The number of piperidine rings is 1. The van der Waals surface area contributed by atoms with Gasteiger partial charge in [0.2, 0.25) is 10.0 Å². The number of hydrogen-bond donors (Lipinski definition) is 0. The summed E-state index contributed by atoms with van der Waals surface area (Å²) in [4.78, 5) is 9.40. The largest absolute Gasteiger partial charge is 0.368 e. The van der Waals surface area contributed by atoms with Gasteiger partial charge in [-0.25, -0.2) is 22.7 Å². The predicted octanol–water partition coefficient (Wildman–Crippen LogP) is 2.36. The summed E-state index contributed by atoms with van der Waals surface area (Å²) in [5, 5.41) is 0. The van der Waals surface area contributed by atoms with Gasteiger partial charge >= 0.3 is 0 Å². The molecule has 1 fully saturated rings. The minimum atomic E-state index is -3.16. The smallest absolute Gasteiger partial charge is 0.213 e. The van der Waals surface area contributed by atoms with Gasteiger partial charge < -0.3 is 4.74 Å². The quantitative estimate of drug-likeness (QED) is 0.826. The average molecular weight is 373 g/mol. The fourth-order valence-corrected chi connectivity index (χ4v) is 4.93. The van der Waals surface area contributed by atoms with Crippen molar-refractivity contribution in [1.82, 2.24) is 14.3 Å². The second-order valence-corrected chi connectivity index (χ2v) is 9.08. The molecule has 1 saturated heterocycles. The second kappa shape index (κ2) is 6.72. The zero-order valence-corrected chi connectivity index (χ0v) is 15.7. The monoisotopic (exact) mass is 373 g/mol. The lowest BCUT2D eigenvalue weighted by atomic mass is 9.84. The van der Waals surface area contributed by atoms with Crippen LogP contribution >= 0.6 is 0 Å². The first-order chi connectivity index (χ1) is 12.5. The van der Waals surface area contributed by atoms with Gasteiger partial charge in [-0.1, -0.05) is 30.3 Å². The topological polar surface area (TPSA) is 72.4 Å². The number of rotatable bonds is 3. The Morgan fingerprint density at radius 2 is 1.92 bits per heavy atom. The third kappa shape index (κ3) is 3.04. The van der Waals surface area contributed by atoms with Crippen LogP contribution in [0.4, 0.5) is 0 Å². The summed E-state index contributed by atoms with van der Waals surface area (Å²) in [6, 6.07) is 9.90. The van der Waals surface area contributed by atoms with E-state index in [4.69, 9.17) is 9.72 Å². The maximum Gasteiger partial charge on any atom is 0.213 e. The maximum atomic E-state index is 12.2. The highest BCUT2D eigenvalue weighted by Crippen LogP contribution is 2.41. The van der Waals surface area contributed by atoms with Crippen molar-refractivity contribution < 1.29 is 13.2 Å². The summed E-state index contributed by atoms with van der Waals surface area (Å²) < 4.78 is 32.1. The minimum absolute atomic E-state index is 0.137. The van der Waals surface area contributed by atoms with Crippen LogP contribution in [0.5, 0.6) is 0 Å². The Hall–Kier alpha value is -1.83. The Labute approximate surface area is 154 Å². The number of benzene rings is 1. The molecule has 138 valence electrons. The molecule has 26 heavy (non-hydrogen) atoms. The number of aromatic nitrogens is 2. The Morgan fingerprint density at radius 3 is 2.62 bits per heavy atom. The van der Waals surface area contributed by atoms with Crippen molar-refractivity contribution in [1.29, 1.82) is 0 Å². The predicted molar refractivity (Wildman–Crippen MR) is 99.1 cm³/mol. The molecular formula is C19H23N3O3S. The molecule has 0 radical (unpaired) electrons. The Kier molecular flexibility index (Phi) is 4.54. The minimum Gasteiger partial charge on any atom is -0.368 e. The van der Waals surface area contributed by atoms with Crippen LogP contribution < -0.4 is 0 Å². The van der Waals surface area contributed by atoms with Gasteiger partial charge in [0.1, 0.15) is 5.60 Å². The van der Waals surface area contributed by atoms with E-state index in [1.807, 2.05) is 36.5 Å². The highest BCUT2D eigenvalue weighted by atomic mass is 32.2. The van der Waals surface area contributed by atoms with E-state index in [1.165, 1.54) is 0 Å². The van der Waals surface area contributed by atoms with Crippen LogP contribution in [0, 0.1) is 0 Å². The molecule has 1 aromatic carbocycles. The van der Waals surface area contributed by atoms with Crippen LogP contribution in [0.3, 0.4) is 0 Å². The number of sulfonamides is 1. The first kappa shape index (κ1) is 17.6. The molecule has 1 aromatic heterocycles. The second-order valence-electron chi connectivity index (χ2n) is 6.83. The fraction of sp³-hybridized carbons (Fsp3) is 0.474. The molecule has 2 aliphatic rings. The molecule has 0 aliphatic carbocycles. The van der Waals surface area contributed by atoms with Gasteiger partial charge in [0, 0.05) is 24.8 Å². The first-order valence-electron chi connectivity index (χ1n) is 9.08. The van der Waals surface area contributed by atoms with Gasteiger partial charge in [0.25, 0.3) is 0 Å². The molecule has 7 heteroatoms. The van der Waals surface area contributed by atoms with Crippen LogP contribution in [-0.4, -0.2) is 48.1 Å². The van der Waals surface area contributed by atoms with Gasteiger partial charge in [0.15, 0.2) is 5.82 Å². The lowest BCUT2D eigenvalue weighted by Gasteiger charge is -2.43. The van der Waals surface area contributed by atoms with Crippen LogP contribution in [0.25, 0.3) is 11.4 Å². The molecular weight excluding hydrogens is 350 g/mol. The highest BCUT2D eigenvalue weighted by Gasteiger charge is 2.44. The van der Waals surface area contributed by atoms with Crippen molar-refractivity contribution in [3.63, 3.8) is 0 Å². The standard InChI is InChI=1S/C19H23N3O3S/c1-2-26(23,24)22-11-9-19(10-12-22)17-16(8-13-25-19)14-20-18(21-17)15-6-4-3-5-7-15/h3-7,14H,2,8-13H2,1H3. The van der Waals surface area contributed by atoms with Gasteiger partial charge in [-0.05, 0) is 31.7 Å². The zero-order valence-electron chi connectivity index (χ0n) is 14.9. The normalized spacial score (nSPS) is 20.0. The third-order valence-corrected chi connectivity index (χ3v) is 7.25. The Bertz CT molecular complexity index is 892. The summed E-state index contributed by atoms with van der Waals surface area (Å²) in [7, 11) is -3.16. The van der Waals surface area contributed by atoms with E-state index in [0.717, 1.165) is 23.2 Å². The van der Waals surface area contributed by atoms with E-state index in [1.54, 1.807) is 11.2 Å². The van der Waals surface area contributed by atoms with Crippen molar-refractivity contribution in [2.45, 2.75) is 31.8 Å². The summed E-state index contributed by atoms with van der Waals surface area (Å²) in [6.45, 7) is 3.26. The van der Waals surface area contributed by atoms with Crippen LogP contribution in [-0.2, 0) is 26.8 Å². The van der Waals surface area contributed by atoms with Crippen LogP contribution in [0.1, 0.15) is 31.0 Å². The lowest BCUT2D eigenvalue weighted by molar-refractivity contribution is -0.0924. The van der Waals surface area contributed by atoms with E-state index in [9.17, 15) is 8.42 Å². The number of nitrogens with zero attached hydrogens (tertiary/aromatic N) is 3.